The van der Waals surface area contributed by atoms with E-state index >= 15 is 0 Å². The van der Waals surface area contributed by atoms with Crippen molar-refractivity contribution >= 4 is 18.4 Å². The van der Waals surface area contributed by atoms with Crippen molar-refractivity contribution in [1.82, 2.24) is 0 Å². The lowest BCUT2D eigenvalue weighted by Crippen LogP contribution is -2.34. The quantitative estimate of drug-likeness (QED) is 0.804. The third-order valence-corrected chi connectivity index (χ3v) is 4.86. The van der Waals surface area contributed by atoms with Gasteiger partial charge in [0, 0.05) is 0 Å². The fraction of sp³-hybridized carbons (Fsp3) is 0.917. The molecule has 0 amide bonds. The van der Waals surface area contributed by atoms with E-state index in [-0.39, 0.29) is 12.4 Å². The van der Waals surface area contributed by atoms with Crippen molar-refractivity contribution in [1.29, 1.82) is 0 Å². The van der Waals surface area contributed by atoms with Crippen LogP contribution in [0.4, 0.5) is 0 Å². The van der Waals surface area contributed by atoms with E-state index in [2.05, 4.69) is 13.8 Å². The predicted octanol–water partition coefficient (Wildman–Crippen LogP) is 2.28. The van der Waals surface area contributed by atoms with Gasteiger partial charge in [-0.15, -0.1) is 12.4 Å². The van der Waals surface area contributed by atoms with E-state index in [1.807, 2.05) is 0 Å². The molecule has 3 nitrogen and oxygen atoms in total. The normalized spacial score (nSPS) is 36.8. The van der Waals surface area contributed by atoms with Gasteiger partial charge in [0.05, 0.1) is 0 Å². The molecule has 3 unspecified atom stereocenters. The van der Waals surface area contributed by atoms with Crippen LogP contribution in [0.5, 0.6) is 0 Å². The first-order valence-electron chi connectivity index (χ1n) is 5.91. The molecule has 16 heavy (non-hydrogen) atoms. The fourth-order valence-corrected chi connectivity index (χ4v) is 3.91. The first kappa shape index (κ1) is 13.8. The van der Waals surface area contributed by atoms with Gasteiger partial charge in [0.25, 0.3) is 0 Å². The molecule has 2 saturated carbocycles. The Hall–Kier alpha value is -0.280. The van der Waals surface area contributed by atoms with Gasteiger partial charge >= 0.3 is 5.97 Å². The highest BCUT2D eigenvalue weighted by atomic mass is 35.5. The zero-order valence-corrected chi connectivity index (χ0v) is 10.8. The average molecular weight is 248 g/mol. The third-order valence-electron chi connectivity index (χ3n) is 4.86. The number of carboxylic acids is 1. The first-order valence-corrected chi connectivity index (χ1v) is 5.91. The molecule has 0 heterocycles. The van der Waals surface area contributed by atoms with E-state index in [4.69, 9.17) is 10.8 Å². The summed E-state index contributed by atoms with van der Waals surface area (Å²) in [6, 6.07) is -0.662. The minimum Gasteiger partial charge on any atom is -0.480 e. The largest absolute Gasteiger partial charge is 0.480 e. The second kappa shape index (κ2) is 4.53. The Morgan fingerprint density at radius 1 is 1.50 bits per heavy atom. The molecule has 0 aromatic carbocycles. The summed E-state index contributed by atoms with van der Waals surface area (Å²) in [5.41, 5.74) is 6.04. The molecule has 0 radical (unpaired) electrons. The Labute approximate surface area is 103 Å². The predicted molar refractivity (Wildman–Crippen MR) is 65.6 cm³/mol. The van der Waals surface area contributed by atoms with Crippen molar-refractivity contribution in [3.63, 3.8) is 0 Å². The van der Waals surface area contributed by atoms with E-state index in [1.165, 1.54) is 19.3 Å². The van der Waals surface area contributed by atoms with Gasteiger partial charge in [-0.2, -0.15) is 0 Å². The highest BCUT2D eigenvalue weighted by Crippen LogP contribution is 2.61. The van der Waals surface area contributed by atoms with E-state index in [9.17, 15) is 4.79 Å². The number of rotatable bonds is 3. The summed E-state index contributed by atoms with van der Waals surface area (Å²) in [6.45, 7) is 4.67. The van der Waals surface area contributed by atoms with Gasteiger partial charge in [-0.3, -0.25) is 4.79 Å². The number of fused-ring (bicyclic) bond motifs is 2. The number of hydrogen-bond donors (Lipinski definition) is 2. The fourth-order valence-electron chi connectivity index (χ4n) is 3.91. The van der Waals surface area contributed by atoms with Crippen LogP contribution >= 0.6 is 12.4 Å². The number of carbonyl (C=O) groups is 1. The summed E-state index contributed by atoms with van der Waals surface area (Å²) in [6.07, 6.45) is 4.46. The van der Waals surface area contributed by atoms with Crippen molar-refractivity contribution in [2.45, 2.75) is 45.6 Å². The molecular weight excluding hydrogens is 226 g/mol. The second-order valence-corrected chi connectivity index (χ2v) is 5.88. The zero-order chi connectivity index (χ0) is 11.2. The molecule has 4 atom stereocenters. The average Bonchev–Trinajstić information content (AvgIpc) is 2.54. The summed E-state index contributed by atoms with van der Waals surface area (Å²) in [7, 11) is 0. The summed E-state index contributed by atoms with van der Waals surface area (Å²) in [4.78, 5) is 10.7. The molecule has 94 valence electrons. The van der Waals surface area contributed by atoms with Crippen LogP contribution in [0.15, 0.2) is 0 Å². The monoisotopic (exact) mass is 247 g/mol. The molecule has 0 saturated heterocycles. The summed E-state index contributed by atoms with van der Waals surface area (Å²) < 4.78 is 0. The number of nitrogens with two attached hydrogens (primary N) is 1. The van der Waals surface area contributed by atoms with Crippen LogP contribution in [0.1, 0.15) is 39.5 Å². The van der Waals surface area contributed by atoms with E-state index in [0.29, 0.717) is 23.7 Å². The minimum atomic E-state index is -0.851. The smallest absolute Gasteiger partial charge is 0.320 e. The van der Waals surface area contributed by atoms with Gasteiger partial charge < -0.3 is 10.8 Å². The minimum absolute atomic E-state index is 0. The van der Waals surface area contributed by atoms with Crippen molar-refractivity contribution in [2.24, 2.45) is 28.9 Å². The van der Waals surface area contributed by atoms with Gasteiger partial charge in [-0.25, -0.2) is 0 Å². The molecule has 0 spiro atoms. The van der Waals surface area contributed by atoms with Crippen LogP contribution in [0, 0.1) is 23.2 Å². The standard InChI is InChI=1S/C12H21NO2.ClH/c1-12(2)8-3-4-9(12)7(5-8)6-10(13)11(14)15;/h7-10H,3-6,13H2,1-2H3,(H,14,15);1H/t7-,8?,9?,10?;/m1./s1. The molecule has 0 aliphatic heterocycles. The maximum absolute atomic E-state index is 10.7. The van der Waals surface area contributed by atoms with Gasteiger partial charge in [-0.1, -0.05) is 13.8 Å². The molecule has 2 rings (SSSR count). The number of aliphatic carboxylic acids is 1. The van der Waals surface area contributed by atoms with E-state index in [0.717, 1.165) is 5.92 Å². The highest BCUT2D eigenvalue weighted by molar-refractivity contribution is 5.85. The SMILES string of the molecule is CC1(C)C2CCC1[C@@H](CC(N)C(=O)O)C2.Cl. The Kier molecular flexibility index (Phi) is 3.91. The third kappa shape index (κ3) is 2.07. The first-order chi connectivity index (χ1) is 6.93. The molecule has 0 aromatic rings. The van der Waals surface area contributed by atoms with Crippen molar-refractivity contribution in [3.8, 4) is 0 Å². The Bertz CT molecular complexity index is 280. The van der Waals surface area contributed by atoms with Crippen molar-refractivity contribution in [3.05, 3.63) is 0 Å². The van der Waals surface area contributed by atoms with Crippen LogP contribution in [-0.4, -0.2) is 17.1 Å². The Morgan fingerprint density at radius 3 is 2.50 bits per heavy atom. The van der Waals surface area contributed by atoms with Gasteiger partial charge in [-0.05, 0) is 48.9 Å². The molecule has 4 heteroatoms. The van der Waals surface area contributed by atoms with Crippen LogP contribution in [0.3, 0.4) is 0 Å². The van der Waals surface area contributed by atoms with Crippen LogP contribution in [-0.2, 0) is 4.79 Å². The second-order valence-electron chi connectivity index (χ2n) is 5.88. The molecule has 3 N–H and O–H groups in total. The molecule has 2 fully saturated rings. The maximum Gasteiger partial charge on any atom is 0.320 e. The van der Waals surface area contributed by atoms with Gasteiger partial charge in [0.1, 0.15) is 6.04 Å². The maximum atomic E-state index is 10.7. The van der Waals surface area contributed by atoms with E-state index < -0.39 is 12.0 Å². The summed E-state index contributed by atoms with van der Waals surface area (Å²) >= 11 is 0. The van der Waals surface area contributed by atoms with E-state index in [1.54, 1.807) is 0 Å². The van der Waals surface area contributed by atoms with Crippen LogP contribution in [0.2, 0.25) is 0 Å². The summed E-state index contributed by atoms with van der Waals surface area (Å²) in [5.74, 6) is 1.20. The molecular formula is C12H22ClNO2. The lowest BCUT2D eigenvalue weighted by molar-refractivity contribution is -0.139. The van der Waals surface area contributed by atoms with Crippen LogP contribution < -0.4 is 5.73 Å². The molecule has 0 aromatic heterocycles. The number of carboxylic acid groups (broad SMARTS) is 1. The number of halogens is 1. The van der Waals surface area contributed by atoms with Gasteiger partial charge in [0.15, 0.2) is 0 Å². The van der Waals surface area contributed by atoms with Crippen molar-refractivity contribution in [2.75, 3.05) is 0 Å². The topological polar surface area (TPSA) is 63.3 Å². The molecule has 2 aliphatic rings. The zero-order valence-electron chi connectivity index (χ0n) is 9.98. The van der Waals surface area contributed by atoms with Crippen molar-refractivity contribution < 1.29 is 9.90 Å². The molecule has 2 bridgehead atoms. The Balaban J connectivity index is 0.00000128. The Morgan fingerprint density at radius 2 is 2.12 bits per heavy atom. The summed E-state index contributed by atoms with van der Waals surface area (Å²) in [5, 5.41) is 8.82. The number of hydrogen-bond acceptors (Lipinski definition) is 2. The molecule has 2 aliphatic carbocycles. The van der Waals surface area contributed by atoms with Gasteiger partial charge in [0.2, 0.25) is 0 Å². The highest BCUT2D eigenvalue weighted by Gasteiger charge is 2.53. The lowest BCUT2D eigenvalue weighted by Gasteiger charge is -2.27. The van der Waals surface area contributed by atoms with Crippen LogP contribution in [0.25, 0.3) is 0 Å². The lowest BCUT2D eigenvalue weighted by atomic mass is 9.78.